The van der Waals surface area contributed by atoms with Crippen molar-refractivity contribution in [2.75, 3.05) is 6.16 Å². The Kier molecular flexibility index (Phi) is 8.47. The van der Waals surface area contributed by atoms with Crippen molar-refractivity contribution in [3.8, 4) is 0 Å². The van der Waals surface area contributed by atoms with Crippen LogP contribution in [0.3, 0.4) is 0 Å². The Morgan fingerprint density at radius 2 is 1.24 bits per heavy atom. The summed E-state index contributed by atoms with van der Waals surface area (Å²) in [6.45, 7) is 0. The maximum atomic E-state index is 11.7. The van der Waals surface area contributed by atoms with Gasteiger partial charge in [-0.25, -0.2) is 0 Å². The van der Waals surface area contributed by atoms with Gasteiger partial charge in [-0.2, -0.15) is 6.16 Å². The molecule has 1 rings (SSSR count). The van der Waals surface area contributed by atoms with Crippen LogP contribution in [0.1, 0.15) is 16.8 Å². The second kappa shape index (κ2) is 7.84. The van der Waals surface area contributed by atoms with E-state index in [9.17, 15) is 4.79 Å². The molecule has 1 nitrogen and oxygen atoms in total. The third-order valence-electron chi connectivity index (χ3n) is 1.84. The van der Waals surface area contributed by atoms with Crippen molar-refractivity contribution in [1.82, 2.24) is 0 Å². The summed E-state index contributed by atoms with van der Waals surface area (Å²) in [5.41, 5.74) is 0.112. The summed E-state index contributed by atoms with van der Waals surface area (Å²) in [5, 5.41) is 0.190. The maximum Gasteiger partial charge on any atom is 1.00 e. The monoisotopic (exact) mass is 342 g/mol. The quantitative estimate of drug-likeness (QED) is 0.271. The molecule has 0 N–H and O–H groups in total. The van der Waals surface area contributed by atoms with Gasteiger partial charge in [0.1, 0.15) is 0 Å². The minimum atomic E-state index is -0.245. The van der Waals surface area contributed by atoms with Gasteiger partial charge in [-0.05, 0) is 6.42 Å². The summed E-state index contributed by atoms with van der Waals surface area (Å²) >= 11 is 29.3. The molecule has 0 unspecified atom stereocenters. The summed E-state index contributed by atoms with van der Waals surface area (Å²) in [4.78, 5) is 11.7. The number of carbonyl (C=O) groups is 1. The molecule has 0 fully saturated rings. The zero-order valence-corrected chi connectivity index (χ0v) is 13.5. The Bertz CT molecular complexity index is 422. The standard InChI is InChI=1S/C9H5Cl5OP.Li/c10-5-4(3(15)1-2-16)6(11)8(13)9(14)7(5)12;/h16H,1-2H2;/q-1;+1. The Morgan fingerprint density at radius 3 is 1.59 bits per heavy atom. The minimum absolute atomic E-state index is 0. The number of Topliss-reactive ketones (excluding diaryl/α,β-unsaturated/α-hetero) is 1. The molecule has 1 aromatic carbocycles. The predicted molar refractivity (Wildman–Crippen MR) is 73.6 cm³/mol. The van der Waals surface area contributed by atoms with Gasteiger partial charge >= 0.3 is 18.9 Å². The molecule has 8 heteroatoms. The van der Waals surface area contributed by atoms with Crippen molar-refractivity contribution in [1.29, 1.82) is 0 Å². The molecule has 17 heavy (non-hydrogen) atoms. The fourth-order valence-electron chi connectivity index (χ4n) is 1.09. The third-order valence-corrected chi connectivity index (χ3v) is 4.37. The largest absolute Gasteiger partial charge is 1.00 e. The van der Waals surface area contributed by atoms with Crippen LogP contribution in [0.2, 0.25) is 25.1 Å². The molecule has 0 saturated carbocycles. The average molecular weight is 344 g/mol. The number of benzene rings is 1. The van der Waals surface area contributed by atoms with Crippen molar-refractivity contribution in [3.05, 3.63) is 30.7 Å². The van der Waals surface area contributed by atoms with Crippen LogP contribution in [0, 0.1) is 0 Å². The molecule has 1 aromatic rings. The first-order valence-electron chi connectivity index (χ1n) is 4.11. The summed E-state index contributed by atoms with van der Waals surface area (Å²) in [6.07, 6.45) is 0.730. The van der Waals surface area contributed by atoms with E-state index in [1.54, 1.807) is 0 Å². The van der Waals surface area contributed by atoms with E-state index in [0.29, 0.717) is 6.16 Å². The first-order chi connectivity index (χ1) is 7.41. The molecule has 0 amide bonds. The van der Waals surface area contributed by atoms with E-state index in [0.717, 1.165) is 0 Å². The number of hydrogen-bond donors (Lipinski definition) is 0. The molecule has 0 aliphatic heterocycles. The Morgan fingerprint density at radius 1 is 0.882 bits per heavy atom. The van der Waals surface area contributed by atoms with Gasteiger partial charge < -0.3 is 9.24 Å². The minimum Gasteiger partial charge on any atom is -0.558 e. The van der Waals surface area contributed by atoms with Gasteiger partial charge in [0, 0.05) is 0 Å². The van der Waals surface area contributed by atoms with Gasteiger partial charge in [0.15, 0.2) is 5.78 Å². The van der Waals surface area contributed by atoms with E-state index in [4.69, 9.17) is 58.0 Å². The van der Waals surface area contributed by atoms with Gasteiger partial charge in [0.25, 0.3) is 0 Å². The van der Waals surface area contributed by atoms with Crippen molar-refractivity contribution in [2.24, 2.45) is 0 Å². The van der Waals surface area contributed by atoms with Crippen LogP contribution in [-0.2, 0) is 0 Å². The van der Waals surface area contributed by atoms with E-state index in [-0.39, 0.29) is 61.7 Å². The number of hydrogen-bond acceptors (Lipinski definition) is 1. The summed E-state index contributed by atoms with van der Waals surface area (Å²) < 4.78 is 0. The average Bonchev–Trinajstić information content (AvgIpc) is 2.24. The summed E-state index contributed by atoms with van der Waals surface area (Å²) in [5.74, 6) is -0.245. The SMILES string of the molecule is O=C(CC[PH-])c1c(Cl)c(Cl)c(Cl)c(Cl)c1Cl.[Li+]. The van der Waals surface area contributed by atoms with E-state index in [2.05, 4.69) is 9.24 Å². The van der Waals surface area contributed by atoms with Gasteiger partial charge in [0.05, 0.1) is 30.7 Å². The van der Waals surface area contributed by atoms with Gasteiger partial charge in [-0.1, -0.05) is 58.0 Å². The second-order valence-corrected chi connectivity index (χ2v) is 5.26. The smallest absolute Gasteiger partial charge is 0.558 e. The van der Waals surface area contributed by atoms with Crippen LogP contribution < -0.4 is 18.9 Å². The molecule has 88 valence electrons. The molecule has 0 aliphatic rings. The molecular formula is C9H5Cl5LiOP. The van der Waals surface area contributed by atoms with Crippen LogP contribution in [0.25, 0.3) is 0 Å². The maximum absolute atomic E-state index is 11.7. The molecule has 0 heterocycles. The molecule has 0 spiro atoms. The van der Waals surface area contributed by atoms with Crippen LogP contribution >= 0.6 is 67.2 Å². The third kappa shape index (κ3) is 3.91. The van der Waals surface area contributed by atoms with Crippen molar-refractivity contribution in [3.63, 3.8) is 0 Å². The normalized spacial score (nSPS) is 10.0. The topological polar surface area (TPSA) is 17.1 Å². The predicted octanol–water partition coefficient (Wildman–Crippen LogP) is 2.67. The molecule has 0 radical (unpaired) electrons. The van der Waals surface area contributed by atoms with Crippen LogP contribution in [0.4, 0.5) is 0 Å². The molecule has 0 aromatic heterocycles. The Balaban J connectivity index is 0.00000256. The van der Waals surface area contributed by atoms with E-state index in [1.807, 2.05) is 0 Å². The Labute approximate surface area is 139 Å². The van der Waals surface area contributed by atoms with Gasteiger partial charge in [-0.15, -0.1) is 0 Å². The first-order valence-corrected chi connectivity index (χ1v) is 6.70. The van der Waals surface area contributed by atoms with E-state index in [1.165, 1.54) is 0 Å². The fourth-order valence-corrected chi connectivity index (χ4v) is 2.66. The van der Waals surface area contributed by atoms with Crippen LogP contribution in [-0.4, -0.2) is 11.9 Å². The molecular weight excluding hydrogens is 339 g/mol. The number of ketones is 1. The van der Waals surface area contributed by atoms with Crippen molar-refractivity contribution in [2.45, 2.75) is 6.42 Å². The zero-order valence-electron chi connectivity index (χ0n) is 8.71. The van der Waals surface area contributed by atoms with Crippen molar-refractivity contribution >= 4 is 73.0 Å². The molecule has 0 saturated heterocycles. The molecule has 0 aliphatic carbocycles. The van der Waals surface area contributed by atoms with Crippen LogP contribution in [0.5, 0.6) is 0 Å². The van der Waals surface area contributed by atoms with E-state index < -0.39 is 0 Å². The Hall–Kier alpha value is 1.37. The fraction of sp³-hybridized carbons (Fsp3) is 0.222. The summed E-state index contributed by atoms with van der Waals surface area (Å²) in [7, 11) is 3.20. The molecule has 0 atom stereocenters. The van der Waals surface area contributed by atoms with Crippen LogP contribution in [0.15, 0.2) is 0 Å². The molecule has 0 bridgehead atoms. The van der Waals surface area contributed by atoms with E-state index >= 15 is 0 Å². The second-order valence-electron chi connectivity index (χ2n) is 2.87. The van der Waals surface area contributed by atoms with Crippen molar-refractivity contribution < 1.29 is 23.7 Å². The number of halogens is 5. The summed E-state index contributed by atoms with van der Waals surface area (Å²) in [6, 6.07) is 0. The van der Waals surface area contributed by atoms with Gasteiger partial charge in [-0.3, -0.25) is 4.79 Å². The number of rotatable bonds is 3. The zero-order chi connectivity index (χ0) is 12.5. The number of carbonyl (C=O) groups excluding carboxylic acids is 1. The first kappa shape index (κ1) is 18.4. The van der Waals surface area contributed by atoms with Gasteiger partial charge in [0.2, 0.25) is 0 Å².